The molecule has 0 aliphatic rings. The lowest BCUT2D eigenvalue weighted by atomic mass is 10.1. The Balaban J connectivity index is 1.56. The van der Waals surface area contributed by atoms with E-state index in [0.717, 1.165) is 23.8 Å². The summed E-state index contributed by atoms with van der Waals surface area (Å²) in [6.07, 6.45) is 1.92. The number of anilines is 1. The number of hydrogen-bond donors (Lipinski definition) is 2. The predicted octanol–water partition coefficient (Wildman–Crippen LogP) is 4.47. The van der Waals surface area contributed by atoms with Gasteiger partial charge in [-0.2, -0.15) is 5.21 Å². The van der Waals surface area contributed by atoms with Gasteiger partial charge in [0.25, 0.3) is 5.91 Å². The highest BCUT2D eigenvalue weighted by Gasteiger charge is 2.13. The van der Waals surface area contributed by atoms with Gasteiger partial charge in [-0.1, -0.05) is 37.1 Å². The third kappa shape index (κ3) is 3.54. The number of nitrogens with zero attached hydrogens (tertiary/aromatic N) is 3. The van der Waals surface area contributed by atoms with Crippen molar-refractivity contribution in [2.45, 2.75) is 19.8 Å². The van der Waals surface area contributed by atoms with Crippen molar-refractivity contribution >= 4 is 34.2 Å². The molecule has 0 saturated heterocycles. The first kappa shape index (κ1) is 17.2. The van der Waals surface area contributed by atoms with Gasteiger partial charge >= 0.3 is 0 Å². The minimum Gasteiger partial charge on any atom is -0.453 e. The lowest BCUT2D eigenvalue weighted by Gasteiger charge is -2.08. The van der Waals surface area contributed by atoms with Crippen LogP contribution in [0.2, 0.25) is 5.02 Å². The Kier molecular flexibility index (Phi) is 4.60. The average molecular weight is 382 g/mol. The van der Waals surface area contributed by atoms with Crippen LogP contribution in [0.25, 0.3) is 22.6 Å². The molecule has 0 fully saturated rings. The number of fused-ring (bicyclic) bond motifs is 1. The van der Waals surface area contributed by atoms with E-state index >= 15 is 0 Å². The molecule has 0 atom stereocenters. The van der Waals surface area contributed by atoms with Crippen LogP contribution in [0.15, 0.2) is 46.9 Å². The van der Waals surface area contributed by atoms with Gasteiger partial charge in [0.15, 0.2) is 5.76 Å². The molecule has 0 spiro atoms. The molecule has 2 aromatic carbocycles. The second-order valence-electron chi connectivity index (χ2n) is 6.11. The van der Waals surface area contributed by atoms with Crippen LogP contribution in [0.5, 0.6) is 0 Å². The first-order valence-corrected chi connectivity index (χ1v) is 8.89. The van der Waals surface area contributed by atoms with Crippen molar-refractivity contribution in [3.8, 4) is 11.6 Å². The molecule has 0 bridgehead atoms. The summed E-state index contributed by atoms with van der Waals surface area (Å²) < 4.78 is 5.73. The lowest BCUT2D eigenvalue weighted by molar-refractivity contribution is 0.102. The molecule has 4 rings (SSSR count). The normalized spacial score (nSPS) is 11.0. The van der Waals surface area contributed by atoms with Crippen molar-refractivity contribution in [3.63, 3.8) is 0 Å². The fourth-order valence-electron chi connectivity index (χ4n) is 2.85. The van der Waals surface area contributed by atoms with E-state index in [1.807, 2.05) is 18.2 Å². The summed E-state index contributed by atoms with van der Waals surface area (Å²) in [5.41, 5.74) is 2.77. The van der Waals surface area contributed by atoms with Gasteiger partial charge in [-0.3, -0.25) is 4.79 Å². The van der Waals surface area contributed by atoms with Crippen LogP contribution in [0.3, 0.4) is 0 Å². The number of aromatic nitrogens is 4. The van der Waals surface area contributed by atoms with E-state index in [1.54, 1.807) is 24.3 Å². The summed E-state index contributed by atoms with van der Waals surface area (Å²) in [7, 11) is 0. The maximum atomic E-state index is 12.6. The zero-order valence-electron chi connectivity index (χ0n) is 14.5. The summed E-state index contributed by atoms with van der Waals surface area (Å²) in [5.74, 6) is 0.599. The molecule has 0 unspecified atom stereocenters. The maximum absolute atomic E-state index is 12.6. The average Bonchev–Trinajstić information content (AvgIpc) is 3.32. The molecule has 4 aromatic rings. The number of aromatic amines is 1. The molecule has 27 heavy (non-hydrogen) atoms. The third-order valence-corrected chi connectivity index (χ3v) is 4.53. The number of H-pyrrole nitrogens is 1. The van der Waals surface area contributed by atoms with Gasteiger partial charge in [0.05, 0.1) is 0 Å². The Morgan fingerprint density at radius 1 is 1.22 bits per heavy atom. The smallest absolute Gasteiger partial charge is 0.255 e. The number of aryl methyl sites for hydroxylation is 1. The largest absolute Gasteiger partial charge is 0.453 e. The monoisotopic (exact) mass is 381 g/mol. The van der Waals surface area contributed by atoms with Crippen LogP contribution in [0.1, 0.15) is 29.3 Å². The van der Waals surface area contributed by atoms with Crippen LogP contribution in [0.4, 0.5) is 5.69 Å². The Morgan fingerprint density at radius 3 is 2.85 bits per heavy atom. The highest BCUT2D eigenvalue weighted by atomic mass is 35.5. The second kappa shape index (κ2) is 7.20. The number of rotatable bonds is 5. The summed E-state index contributed by atoms with van der Waals surface area (Å²) in [6.45, 7) is 2.10. The molecular formula is C19H16ClN5O2. The molecule has 0 saturated carbocycles. The number of carbonyl (C=O) groups excluding carboxylic acids is 1. The molecule has 2 N–H and O–H groups in total. The van der Waals surface area contributed by atoms with Crippen molar-refractivity contribution in [2.75, 3.05) is 5.32 Å². The number of furan rings is 1. The number of tetrazole rings is 1. The van der Waals surface area contributed by atoms with E-state index in [9.17, 15) is 4.79 Å². The van der Waals surface area contributed by atoms with Crippen molar-refractivity contribution in [3.05, 3.63) is 58.6 Å². The van der Waals surface area contributed by atoms with Crippen LogP contribution in [-0.4, -0.2) is 26.5 Å². The lowest BCUT2D eigenvalue weighted by Crippen LogP contribution is -2.11. The second-order valence-corrected chi connectivity index (χ2v) is 6.52. The Hall–Kier alpha value is -3.19. The van der Waals surface area contributed by atoms with E-state index in [4.69, 9.17) is 16.0 Å². The molecule has 2 heterocycles. The van der Waals surface area contributed by atoms with E-state index in [0.29, 0.717) is 33.4 Å². The molecule has 0 aliphatic carbocycles. The van der Waals surface area contributed by atoms with Gasteiger partial charge in [0.2, 0.25) is 5.82 Å². The minimum atomic E-state index is -0.242. The maximum Gasteiger partial charge on any atom is 0.255 e. The minimum absolute atomic E-state index is 0.242. The van der Waals surface area contributed by atoms with Gasteiger partial charge in [-0.05, 0) is 47.5 Å². The highest BCUT2D eigenvalue weighted by molar-refractivity contribution is 6.31. The predicted molar refractivity (Wildman–Crippen MR) is 103 cm³/mol. The van der Waals surface area contributed by atoms with Crippen molar-refractivity contribution in [1.29, 1.82) is 0 Å². The molecule has 8 heteroatoms. The zero-order chi connectivity index (χ0) is 18.8. The standard InChI is InChI=1S/C19H16ClN5O2/c1-2-3-11-6-7-14(10-15(11)20)21-19(26)13-5-4-12-8-17(27-16(12)9-13)18-22-24-25-23-18/h4-10H,2-3H2,1H3,(H,21,26)(H,22,23,24,25). The van der Waals surface area contributed by atoms with Crippen molar-refractivity contribution < 1.29 is 9.21 Å². The third-order valence-electron chi connectivity index (χ3n) is 4.18. The van der Waals surface area contributed by atoms with Crippen molar-refractivity contribution in [2.24, 2.45) is 0 Å². The van der Waals surface area contributed by atoms with Crippen LogP contribution >= 0.6 is 11.6 Å². The molecule has 136 valence electrons. The summed E-state index contributed by atoms with van der Waals surface area (Å²) in [5, 5.41) is 18.0. The van der Waals surface area contributed by atoms with Crippen LogP contribution in [-0.2, 0) is 6.42 Å². The fraction of sp³-hybridized carbons (Fsp3) is 0.158. The first-order chi connectivity index (χ1) is 13.1. The SMILES string of the molecule is CCCc1ccc(NC(=O)c2ccc3cc(-c4nn[nH]n4)oc3c2)cc1Cl. The van der Waals surface area contributed by atoms with E-state index in [-0.39, 0.29) is 5.91 Å². The van der Waals surface area contributed by atoms with Gasteiger partial charge in [0.1, 0.15) is 5.58 Å². The Morgan fingerprint density at radius 2 is 2.11 bits per heavy atom. The number of carbonyl (C=O) groups is 1. The number of nitrogens with one attached hydrogen (secondary N) is 2. The number of amides is 1. The van der Waals surface area contributed by atoms with E-state index in [1.165, 1.54) is 0 Å². The van der Waals surface area contributed by atoms with Crippen molar-refractivity contribution in [1.82, 2.24) is 20.6 Å². The summed E-state index contributed by atoms with van der Waals surface area (Å²) in [6, 6.07) is 12.6. The zero-order valence-corrected chi connectivity index (χ0v) is 15.2. The Bertz CT molecular complexity index is 1100. The van der Waals surface area contributed by atoms with Crippen LogP contribution < -0.4 is 5.32 Å². The quantitative estimate of drug-likeness (QED) is 0.531. The molecule has 2 aromatic heterocycles. The van der Waals surface area contributed by atoms with Crippen LogP contribution in [0, 0.1) is 0 Å². The summed E-state index contributed by atoms with van der Waals surface area (Å²) in [4.78, 5) is 12.6. The van der Waals surface area contributed by atoms with E-state index in [2.05, 4.69) is 32.9 Å². The molecule has 0 aliphatic heterocycles. The first-order valence-electron chi connectivity index (χ1n) is 8.51. The Labute approximate surface area is 159 Å². The van der Waals surface area contributed by atoms with E-state index < -0.39 is 0 Å². The number of hydrogen-bond acceptors (Lipinski definition) is 5. The molecule has 0 radical (unpaired) electrons. The number of benzene rings is 2. The van der Waals surface area contributed by atoms with Gasteiger partial charge in [-0.15, -0.1) is 10.2 Å². The molecular weight excluding hydrogens is 366 g/mol. The topological polar surface area (TPSA) is 96.7 Å². The van der Waals surface area contributed by atoms with Gasteiger partial charge < -0.3 is 9.73 Å². The highest BCUT2D eigenvalue weighted by Crippen LogP contribution is 2.27. The summed E-state index contributed by atoms with van der Waals surface area (Å²) >= 11 is 6.28. The molecule has 7 nitrogen and oxygen atoms in total. The molecule has 1 amide bonds. The fourth-order valence-corrected chi connectivity index (χ4v) is 3.12. The van der Waals surface area contributed by atoms with Gasteiger partial charge in [-0.25, -0.2) is 0 Å². The number of halogens is 1. The van der Waals surface area contributed by atoms with Gasteiger partial charge in [0, 0.05) is 21.7 Å².